The fourth-order valence-electron chi connectivity index (χ4n) is 4.06. The largest absolute Gasteiger partial charge is 0.496 e. The number of rotatable bonds is 10. The van der Waals surface area contributed by atoms with Crippen molar-refractivity contribution in [1.29, 1.82) is 0 Å². The van der Waals surface area contributed by atoms with Crippen molar-refractivity contribution in [2.24, 2.45) is 5.73 Å². The van der Waals surface area contributed by atoms with Crippen LogP contribution in [0.25, 0.3) is 0 Å². The van der Waals surface area contributed by atoms with Crippen LogP contribution in [0.5, 0.6) is 5.75 Å². The summed E-state index contributed by atoms with van der Waals surface area (Å²) in [6, 6.07) is 9.00. The number of hydrogen-bond donors (Lipinski definition) is 2. The fraction of sp³-hybridized carbons (Fsp3) is 0.522. The standard InChI is InChI=1S/C23H33N3O4S2/c1-3-4-13-25-17-7-6-14-26(15-12-17)32(28,29)22-11-10-18(31-22)16-20-19(23(24)27)8-5-9-21(20)30-2/h5,8-11,17,25H,3-4,6-7,12-16H2,1-2H3,(H2,24,27). The van der Waals surface area contributed by atoms with Crippen molar-refractivity contribution in [2.75, 3.05) is 26.7 Å². The summed E-state index contributed by atoms with van der Waals surface area (Å²) in [7, 11) is -2.01. The molecule has 1 aromatic heterocycles. The molecule has 32 heavy (non-hydrogen) atoms. The van der Waals surface area contributed by atoms with E-state index in [0.717, 1.165) is 43.5 Å². The summed E-state index contributed by atoms with van der Waals surface area (Å²) in [5, 5.41) is 3.56. The highest BCUT2D eigenvalue weighted by Crippen LogP contribution is 2.31. The van der Waals surface area contributed by atoms with E-state index in [1.54, 1.807) is 28.6 Å². The zero-order chi connectivity index (χ0) is 23.1. The fourth-order valence-corrected chi connectivity index (χ4v) is 7.08. The number of ether oxygens (including phenoxy) is 1. The summed E-state index contributed by atoms with van der Waals surface area (Å²) >= 11 is 1.24. The summed E-state index contributed by atoms with van der Waals surface area (Å²) < 4.78 is 33.9. The number of amides is 1. The summed E-state index contributed by atoms with van der Waals surface area (Å²) in [5.41, 5.74) is 6.59. The minimum atomic E-state index is -3.55. The third kappa shape index (κ3) is 5.89. The Morgan fingerprint density at radius 3 is 2.78 bits per heavy atom. The highest BCUT2D eigenvalue weighted by molar-refractivity contribution is 7.91. The predicted molar refractivity (Wildman–Crippen MR) is 128 cm³/mol. The molecule has 1 fully saturated rings. The minimum Gasteiger partial charge on any atom is -0.496 e. The van der Waals surface area contributed by atoms with Crippen molar-refractivity contribution in [3.63, 3.8) is 0 Å². The first kappa shape index (κ1) is 24.7. The Labute approximate surface area is 195 Å². The van der Waals surface area contributed by atoms with Gasteiger partial charge in [-0.2, -0.15) is 4.31 Å². The van der Waals surface area contributed by atoms with Gasteiger partial charge >= 0.3 is 0 Å². The molecule has 3 N–H and O–H groups in total. The molecule has 1 amide bonds. The van der Waals surface area contributed by atoms with E-state index in [0.29, 0.717) is 46.6 Å². The van der Waals surface area contributed by atoms with E-state index >= 15 is 0 Å². The lowest BCUT2D eigenvalue weighted by Crippen LogP contribution is -2.34. The van der Waals surface area contributed by atoms with Crippen molar-refractivity contribution in [2.45, 2.75) is 55.7 Å². The van der Waals surface area contributed by atoms with Crippen LogP contribution in [0, 0.1) is 0 Å². The molecule has 1 aliphatic heterocycles. The molecule has 0 radical (unpaired) electrons. The van der Waals surface area contributed by atoms with E-state index in [1.165, 1.54) is 18.4 Å². The van der Waals surface area contributed by atoms with E-state index in [9.17, 15) is 13.2 Å². The van der Waals surface area contributed by atoms with Gasteiger partial charge in [-0.1, -0.05) is 19.4 Å². The van der Waals surface area contributed by atoms with Gasteiger partial charge in [-0.05, 0) is 56.5 Å². The molecule has 1 saturated heterocycles. The van der Waals surface area contributed by atoms with Gasteiger partial charge in [0.2, 0.25) is 5.91 Å². The Hall–Kier alpha value is -1.94. The van der Waals surface area contributed by atoms with Gasteiger partial charge in [0.05, 0.1) is 7.11 Å². The number of carbonyl (C=O) groups excluding carboxylic acids is 1. The first-order valence-electron chi connectivity index (χ1n) is 11.1. The van der Waals surface area contributed by atoms with Crippen molar-refractivity contribution in [3.8, 4) is 5.75 Å². The van der Waals surface area contributed by atoms with E-state index in [4.69, 9.17) is 10.5 Å². The van der Waals surface area contributed by atoms with Crippen LogP contribution in [0.1, 0.15) is 59.8 Å². The number of nitrogens with zero attached hydrogens (tertiary/aromatic N) is 1. The van der Waals surface area contributed by atoms with E-state index in [2.05, 4.69) is 12.2 Å². The lowest BCUT2D eigenvalue weighted by molar-refractivity contribution is 0.0999. The van der Waals surface area contributed by atoms with Crippen molar-refractivity contribution < 1.29 is 17.9 Å². The number of sulfonamides is 1. The molecule has 1 unspecified atom stereocenters. The molecule has 9 heteroatoms. The number of thiophene rings is 1. The van der Waals surface area contributed by atoms with Gasteiger partial charge in [-0.15, -0.1) is 11.3 Å². The monoisotopic (exact) mass is 479 g/mol. The Bertz CT molecular complexity index is 1020. The Morgan fingerprint density at radius 1 is 1.25 bits per heavy atom. The quantitative estimate of drug-likeness (QED) is 0.509. The van der Waals surface area contributed by atoms with E-state index < -0.39 is 15.9 Å². The minimum absolute atomic E-state index is 0.334. The smallest absolute Gasteiger partial charge is 0.252 e. The molecule has 1 atom stereocenters. The number of methoxy groups -OCH3 is 1. The second-order valence-electron chi connectivity index (χ2n) is 8.09. The zero-order valence-corrected chi connectivity index (χ0v) is 20.4. The molecule has 0 aliphatic carbocycles. The number of hydrogen-bond acceptors (Lipinski definition) is 6. The Kier molecular flexibility index (Phi) is 8.70. The lowest BCUT2D eigenvalue weighted by Gasteiger charge is -2.19. The normalized spacial score (nSPS) is 17.8. The molecule has 2 heterocycles. The average Bonchev–Trinajstić information content (AvgIpc) is 3.11. The van der Waals surface area contributed by atoms with Gasteiger partial charge in [0.25, 0.3) is 10.0 Å². The maximum atomic E-state index is 13.3. The molecule has 3 rings (SSSR count). The zero-order valence-electron chi connectivity index (χ0n) is 18.8. The third-order valence-electron chi connectivity index (χ3n) is 5.85. The third-order valence-corrected chi connectivity index (χ3v) is 9.30. The number of primary amides is 1. The van der Waals surface area contributed by atoms with Crippen LogP contribution in [-0.2, 0) is 16.4 Å². The van der Waals surface area contributed by atoms with Crippen LogP contribution in [0.4, 0.5) is 0 Å². The summed E-state index contributed by atoms with van der Waals surface area (Å²) in [5.74, 6) is 0.0307. The molecule has 0 spiro atoms. The molecule has 0 bridgehead atoms. The molecule has 1 aliphatic rings. The summed E-state index contributed by atoms with van der Waals surface area (Å²) in [6.45, 7) is 4.22. The van der Waals surface area contributed by atoms with Gasteiger partial charge in [-0.25, -0.2) is 8.42 Å². The van der Waals surface area contributed by atoms with Crippen molar-refractivity contribution >= 4 is 27.3 Å². The SMILES string of the molecule is CCCCNC1CCCN(S(=O)(=O)c2ccc(Cc3c(OC)cccc3C(N)=O)s2)CC1. The maximum Gasteiger partial charge on any atom is 0.252 e. The first-order chi connectivity index (χ1) is 15.4. The molecule has 176 valence electrons. The summed E-state index contributed by atoms with van der Waals surface area (Å²) in [6.07, 6.45) is 5.34. The average molecular weight is 480 g/mol. The van der Waals surface area contributed by atoms with E-state index in [1.807, 2.05) is 6.07 Å². The molecule has 7 nitrogen and oxygen atoms in total. The molecular formula is C23H33N3O4S2. The molecule has 2 aromatic rings. The van der Waals surface area contributed by atoms with Crippen LogP contribution in [-0.4, -0.2) is 51.4 Å². The number of nitrogens with one attached hydrogen (secondary N) is 1. The Morgan fingerprint density at radius 2 is 2.06 bits per heavy atom. The van der Waals surface area contributed by atoms with Gasteiger partial charge in [0.15, 0.2) is 0 Å². The van der Waals surface area contributed by atoms with Gasteiger partial charge in [-0.3, -0.25) is 4.79 Å². The summed E-state index contributed by atoms with van der Waals surface area (Å²) in [4.78, 5) is 12.7. The first-order valence-corrected chi connectivity index (χ1v) is 13.4. The molecular weight excluding hydrogens is 446 g/mol. The van der Waals surface area contributed by atoms with Crippen molar-refractivity contribution in [1.82, 2.24) is 9.62 Å². The van der Waals surface area contributed by atoms with E-state index in [-0.39, 0.29) is 0 Å². The van der Waals surface area contributed by atoms with Crippen LogP contribution in [0.3, 0.4) is 0 Å². The lowest BCUT2D eigenvalue weighted by atomic mass is 10.0. The topological polar surface area (TPSA) is 102 Å². The van der Waals surface area contributed by atoms with Crippen molar-refractivity contribution in [3.05, 3.63) is 46.3 Å². The molecule has 0 saturated carbocycles. The van der Waals surface area contributed by atoms with Crippen LogP contribution in [0.2, 0.25) is 0 Å². The number of benzene rings is 1. The highest BCUT2D eigenvalue weighted by Gasteiger charge is 2.29. The van der Waals surface area contributed by atoms with Crippen LogP contribution >= 0.6 is 11.3 Å². The second kappa shape index (κ2) is 11.3. The Balaban J connectivity index is 1.73. The molecule has 1 aromatic carbocycles. The number of carbonyl (C=O) groups is 1. The highest BCUT2D eigenvalue weighted by atomic mass is 32.2. The number of nitrogens with two attached hydrogens (primary N) is 1. The van der Waals surface area contributed by atoms with Gasteiger partial charge in [0, 0.05) is 41.6 Å². The van der Waals surface area contributed by atoms with Gasteiger partial charge in [0.1, 0.15) is 9.96 Å². The van der Waals surface area contributed by atoms with Crippen LogP contribution in [0.15, 0.2) is 34.5 Å². The number of unbranched alkanes of at least 4 members (excludes halogenated alkanes) is 1. The van der Waals surface area contributed by atoms with Crippen LogP contribution < -0.4 is 15.8 Å². The second-order valence-corrected chi connectivity index (χ2v) is 11.4. The predicted octanol–water partition coefficient (Wildman–Crippen LogP) is 3.38. The maximum absolute atomic E-state index is 13.3. The van der Waals surface area contributed by atoms with Gasteiger partial charge < -0.3 is 15.8 Å².